The van der Waals surface area contributed by atoms with Crippen molar-refractivity contribution < 1.29 is 28.2 Å². The number of halogens is 2. The fraction of sp³-hybridized carbons (Fsp3) is 0.176. The lowest BCUT2D eigenvalue weighted by atomic mass is 10.0. The van der Waals surface area contributed by atoms with Crippen molar-refractivity contribution in [1.82, 2.24) is 5.32 Å². The van der Waals surface area contributed by atoms with E-state index in [-0.39, 0.29) is 6.42 Å². The largest absolute Gasteiger partial charge is 0.497 e. The predicted molar refractivity (Wildman–Crippen MR) is 81.9 cm³/mol. The van der Waals surface area contributed by atoms with Crippen molar-refractivity contribution in [2.45, 2.75) is 12.5 Å². The average Bonchev–Trinajstić information content (AvgIpc) is 2.57. The molecule has 126 valence electrons. The van der Waals surface area contributed by atoms with Crippen LogP contribution in [0.15, 0.2) is 42.5 Å². The van der Waals surface area contributed by atoms with Crippen molar-refractivity contribution in [2.24, 2.45) is 0 Å². The summed E-state index contributed by atoms with van der Waals surface area (Å²) in [5, 5.41) is 11.4. The van der Waals surface area contributed by atoms with E-state index in [0.29, 0.717) is 11.3 Å². The first-order valence-corrected chi connectivity index (χ1v) is 7.03. The van der Waals surface area contributed by atoms with Crippen molar-refractivity contribution >= 4 is 11.9 Å². The summed E-state index contributed by atoms with van der Waals surface area (Å²) in [4.78, 5) is 23.4. The quantitative estimate of drug-likeness (QED) is 0.850. The number of aliphatic carboxylic acids is 1. The third-order valence-corrected chi connectivity index (χ3v) is 3.40. The molecule has 0 saturated carbocycles. The summed E-state index contributed by atoms with van der Waals surface area (Å²) in [5.74, 6) is -4.16. The van der Waals surface area contributed by atoms with E-state index in [0.717, 1.165) is 12.1 Å². The molecule has 5 nitrogen and oxygen atoms in total. The Hall–Kier alpha value is -2.96. The van der Waals surface area contributed by atoms with Gasteiger partial charge in [-0.25, -0.2) is 13.6 Å². The number of ether oxygens (including phenoxy) is 1. The molecule has 0 fully saturated rings. The Labute approximate surface area is 136 Å². The zero-order chi connectivity index (χ0) is 17.7. The number of hydrogen-bond donors (Lipinski definition) is 2. The number of methoxy groups -OCH3 is 1. The Morgan fingerprint density at radius 3 is 2.42 bits per heavy atom. The molecule has 2 rings (SSSR count). The van der Waals surface area contributed by atoms with Gasteiger partial charge in [0.05, 0.1) is 12.7 Å². The minimum absolute atomic E-state index is 0.0119. The fourth-order valence-corrected chi connectivity index (χ4v) is 2.11. The Bertz CT molecular complexity index is 747. The van der Waals surface area contributed by atoms with Gasteiger partial charge in [-0.2, -0.15) is 0 Å². The van der Waals surface area contributed by atoms with Crippen LogP contribution < -0.4 is 10.1 Å². The number of carboxylic acids is 1. The molecule has 1 atom stereocenters. The van der Waals surface area contributed by atoms with Gasteiger partial charge in [-0.05, 0) is 29.8 Å². The van der Waals surface area contributed by atoms with Gasteiger partial charge in [0.15, 0.2) is 11.6 Å². The van der Waals surface area contributed by atoms with Gasteiger partial charge in [0, 0.05) is 6.42 Å². The minimum atomic E-state index is -1.32. The molecular weight excluding hydrogens is 320 g/mol. The maximum Gasteiger partial charge on any atom is 0.326 e. The molecule has 1 amide bonds. The summed E-state index contributed by atoms with van der Waals surface area (Å²) < 4.78 is 31.8. The Balaban J connectivity index is 2.14. The van der Waals surface area contributed by atoms with Crippen LogP contribution in [-0.2, 0) is 11.2 Å². The lowest BCUT2D eigenvalue weighted by molar-refractivity contribution is -0.139. The molecule has 0 aromatic heterocycles. The van der Waals surface area contributed by atoms with E-state index in [2.05, 4.69) is 5.32 Å². The van der Waals surface area contributed by atoms with Gasteiger partial charge >= 0.3 is 5.97 Å². The molecule has 24 heavy (non-hydrogen) atoms. The highest BCUT2D eigenvalue weighted by Crippen LogP contribution is 2.14. The molecule has 2 N–H and O–H groups in total. The molecule has 0 aliphatic carbocycles. The summed E-state index contributed by atoms with van der Waals surface area (Å²) in [6.45, 7) is 0. The number of carbonyl (C=O) groups excluding carboxylic acids is 1. The average molecular weight is 335 g/mol. The van der Waals surface area contributed by atoms with Gasteiger partial charge in [0.1, 0.15) is 11.8 Å². The highest BCUT2D eigenvalue weighted by Gasteiger charge is 2.23. The molecule has 0 aliphatic rings. The van der Waals surface area contributed by atoms with Crippen LogP contribution in [0.3, 0.4) is 0 Å². The number of carboxylic acid groups (broad SMARTS) is 1. The summed E-state index contributed by atoms with van der Waals surface area (Å²) in [6, 6.07) is 8.47. The molecule has 0 unspecified atom stereocenters. The molecule has 7 heteroatoms. The standard InChI is InChI=1S/C17H15F2NO4/c1-24-11-7-5-10(6-8-11)9-14(17(22)23)20-16(21)12-3-2-4-13(18)15(12)19/h2-8,14H,9H2,1H3,(H,20,21)(H,22,23)/t14-/m1/s1. The van der Waals surface area contributed by atoms with Crippen LogP contribution in [-0.4, -0.2) is 30.1 Å². The second-order valence-electron chi connectivity index (χ2n) is 5.02. The lowest BCUT2D eigenvalue weighted by Crippen LogP contribution is -2.42. The van der Waals surface area contributed by atoms with Crippen LogP contribution in [0.1, 0.15) is 15.9 Å². The van der Waals surface area contributed by atoms with Crippen LogP contribution >= 0.6 is 0 Å². The number of hydrogen-bond acceptors (Lipinski definition) is 3. The third kappa shape index (κ3) is 4.07. The van der Waals surface area contributed by atoms with Crippen molar-refractivity contribution in [2.75, 3.05) is 7.11 Å². The minimum Gasteiger partial charge on any atom is -0.497 e. The summed E-state index contributed by atoms with van der Waals surface area (Å²) in [6.07, 6.45) is -0.0119. The van der Waals surface area contributed by atoms with Gasteiger partial charge in [0.25, 0.3) is 5.91 Å². The van der Waals surface area contributed by atoms with Crippen molar-refractivity contribution in [3.63, 3.8) is 0 Å². The second-order valence-corrected chi connectivity index (χ2v) is 5.02. The van der Waals surface area contributed by atoms with E-state index in [1.165, 1.54) is 13.2 Å². The molecule has 0 heterocycles. The van der Waals surface area contributed by atoms with Crippen molar-refractivity contribution in [3.05, 3.63) is 65.2 Å². The first kappa shape index (κ1) is 17.4. The monoisotopic (exact) mass is 335 g/mol. The highest BCUT2D eigenvalue weighted by molar-refractivity contribution is 5.96. The lowest BCUT2D eigenvalue weighted by Gasteiger charge is -2.15. The Morgan fingerprint density at radius 2 is 1.83 bits per heavy atom. The maximum absolute atomic E-state index is 13.6. The van der Waals surface area contributed by atoms with E-state index in [9.17, 15) is 23.5 Å². The van der Waals surface area contributed by atoms with Crippen molar-refractivity contribution in [3.8, 4) is 5.75 Å². The molecule has 0 aliphatic heterocycles. The number of carbonyl (C=O) groups is 2. The molecule has 2 aromatic carbocycles. The van der Waals surface area contributed by atoms with E-state index in [1.54, 1.807) is 24.3 Å². The molecule has 0 spiro atoms. The molecule has 0 radical (unpaired) electrons. The van der Waals surface area contributed by atoms with Gasteiger partial charge in [0.2, 0.25) is 0 Å². The highest BCUT2D eigenvalue weighted by atomic mass is 19.2. The zero-order valence-electron chi connectivity index (χ0n) is 12.8. The molecule has 0 bridgehead atoms. The third-order valence-electron chi connectivity index (χ3n) is 3.40. The van der Waals surface area contributed by atoms with Gasteiger partial charge in [-0.1, -0.05) is 18.2 Å². The number of nitrogens with one attached hydrogen (secondary N) is 1. The Morgan fingerprint density at radius 1 is 1.17 bits per heavy atom. The first-order chi connectivity index (χ1) is 11.4. The van der Waals surface area contributed by atoms with Gasteiger partial charge < -0.3 is 15.2 Å². The topological polar surface area (TPSA) is 75.6 Å². The second kappa shape index (κ2) is 7.54. The SMILES string of the molecule is COc1ccc(C[C@@H](NC(=O)c2cccc(F)c2F)C(=O)O)cc1. The van der Waals surface area contributed by atoms with Crippen LogP contribution in [0.5, 0.6) is 5.75 Å². The van der Waals surface area contributed by atoms with Crippen LogP contribution in [0.4, 0.5) is 8.78 Å². The first-order valence-electron chi connectivity index (χ1n) is 7.03. The number of amides is 1. The summed E-state index contributed by atoms with van der Waals surface area (Å²) in [7, 11) is 1.50. The Kier molecular flexibility index (Phi) is 5.47. The number of benzene rings is 2. The molecule has 2 aromatic rings. The smallest absolute Gasteiger partial charge is 0.326 e. The van der Waals surface area contributed by atoms with Crippen molar-refractivity contribution in [1.29, 1.82) is 0 Å². The van der Waals surface area contributed by atoms with Crippen LogP contribution in [0.2, 0.25) is 0 Å². The fourth-order valence-electron chi connectivity index (χ4n) is 2.11. The van der Waals surface area contributed by atoms with Gasteiger partial charge in [-0.15, -0.1) is 0 Å². The van der Waals surface area contributed by atoms with E-state index >= 15 is 0 Å². The van der Waals surface area contributed by atoms with Gasteiger partial charge in [-0.3, -0.25) is 4.79 Å². The van der Waals surface area contributed by atoms with Crippen LogP contribution in [0, 0.1) is 11.6 Å². The summed E-state index contributed by atoms with van der Waals surface area (Å²) >= 11 is 0. The van der Waals surface area contributed by atoms with E-state index < -0.39 is 35.1 Å². The van der Waals surface area contributed by atoms with Crippen LogP contribution in [0.25, 0.3) is 0 Å². The molecular formula is C17H15F2NO4. The zero-order valence-corrected chi connectivity index (χ0v) is 12.8. The maximum atomic E-state index is 13.6. The number of rotatable bonds is 6. The van der Waals surface area contributed by atoms with E-state index in [4.69, 9.17) is 4.74 Å². The normalized spacial score (nSPS) is 11.6. The molecule has 0 saturated heterocycles. The van der Waals surface area contributed by atoms with E-state index in [1.807, 2.05) is 0 Å². The summed E-state index contributed by atoms with van der Waals surface area (Å²) in [5.41, 5.74) is 0.0965. The predicted octanol–water partition coefficient (Wildman–Crippen LogP) is 2.40.